The summed E-state index contributed by atoms with van der Waals surface area (Å²) >= 11 is 0. The molecule has 1 heterocycles. The van der Waals surface area contributed by atoms with Crippen molar-refractivity contribution in [1.29, 1.82) is 0 Å². The fraction of sp³-hybridized carbons (Fsp3) is 0.429. The average molecular weight is 324 g/mol. The van der Waals surface area contributed by atoms with E-state index in [2.05, 4.69) is 78.5 Å². The van der Waals surface area contributed by atoms with Gasteiger partial charge in [0.05, 0.1) is 11.6 Å². The van der Waals surface area contributed by atoms with Crippen molar-refractivity contribution >= 4 is 0 Å². The summed E-state index contributed by atoms with van der Waals surface area (Å²) in [5, 5.41) is 11.0. The molecule has 3 heteroatoms. The molecule has 2 aromatic carbocycles. The number of benzene rings is 2. The molecule has 1 fully saturated rings. The maximum absolute atomic E-state index is 11.0. The van der Waals surface area contributed by atoms with Crippen molar-refractivity contribution in [1.82, 2.24) is 9.80 Å². The number of likely N-dealkylation sites (N-methyl/N-ethyl adjacent to an activating group) is 1. The van der Waals surface area contributed by atoms with Gasteiger partial charge in [-0.25, -0.2) is 0 Å². The molecule has 0 bridgehead atoms. The second-order valence-electron chi connectivity index (χ2n) is 6.99. The van der Waals surface area contributed by atoms with E-state index in [1.54, 1.807) is 0 Å². The molecule has 3 nitrogen and oxygen atoms in total. The van der Waals surface area contributed by atoms with Crippen molar-refractivity contribution < 1.29 is 5.11 Å². The number of aliphatic hydroxyl groups is 1. The Hall–Kier alpha value is -1.68. The molecule has 2 aromatic rings. The molecule has 3 rings (SSSR count). The summed E-state index contributed by atoms with van der Waals surface area (Å²) in [4.78, 5) is 4.59. The highest BCUT2D eigenvalue weighted by Crippen LogP contribution is 2.37. The van der Waals surface area contributed by atoms with Gasteiger partial charge in [-0.05, 0) is 38.1 Å². The summed E-state index contributed by atoms with van der Waals surface area (Å²) in [7, 11) is 4.16. The SMILES string of the molecule is CN(C)[C@@]1(c2ccccc2)CCN(CCc2ccccc2)C[C@@H]1O. The molecular formula is C21H28N2O. The topological polar surface area (TPSA) is 26.7 Å². The lowest BCUT2D eigenvalue weighted by Gasteiger charge is -2.50. The van der Waals surface area contributed by atoms with Gasteiger partial charge in [-0.15, -0.1) is 0 Å². The lowest BCUT2D eigenvalue weighted by molar-refractivity contribution is -0.0680. The first-order valence-corrected chi connectivity index (χ1v) is 8.80. The molecular weight excluding hydrogens is 296 g/mol. The number of aliphatic hydroxyl groups excluding tert-OH is 1. The fourth-order valence-corrected chi connectivity index (χ4v) is 3.96. The Bertz CT molecular complexity index is 629. The van der Waals surface area contributed by atoms with Crippen LogP contribution in [0, 0.1) is 0 Å². The van der Waals surface area contributed by atoms with E-state index in [0.29, 0.717) is 0 Å². The van der Waals surface area contributed by atoms with Crippen LogP contribution in [-0.2, 0) is 12.0 Å². The van der Waals surface area contributed by atoms with Gasteiger partial charge in [-0.2, -0.15) is 0 Å². The first kappa shape index (κ1) is 17.2. The van der Waals surface area contributed by atoms with Gasteiger partial charge in [0.1, 0.15) is 0 Å². The molecule has 24 heavy (non-hydrogen) atoms. The van der Waals surface area contributed by atoms with Crippen molar-refractivity contribution in [3.8, 4) is 0 Å². The lowest BCUT2D eigenvalue weighted by Crippen LogP contribution is -2.60. The van der Waals surface area contributed by atoms with E-state index in [4.69, 9.17) is 0 Å². The van der Waals surface area contributed by atoms with Gasteiger partial charge in [0, 0.05) is 19.6 Å². The molecule has 1 aliphatic heterocycles. The monoisotopic (exact) mass is 324 g/mol. The normalized spacial score (nSPS) is 25.1. The third-order valence-corrected chi connectivity index (χ3v) is 5.42. The van der Waals surface area contributed by atoms with E-state index in [-0.39, 0.29) is 11.6 Å². The van der Waals surface area contributed by atoms with E-state index in [1.165, 1.54) is 11.1 Å². The van der Waals surface area contributed by atoms with Crippen molar-refractivity contribution in [2.75, 3.05) is 33.7 Å². The highest BCUT2D eigenvalue weighted by molar-refractivity contribution is 5.27. The van der Waals surface area contributed by atoms with Crippen molar-refractivity contribution in [2.24, 2.45) is 0 Å². The van der Waals surface area contributed by atoms with Crippen molar-refractivity contribution in [3.63, 3.8) is 0 Å². The molecule has 1 saturated heterocycles. The van der Waals surface area contributed by atoms with E-state index < -0.39 is 0 Å². The minimum absolute atomic E-state index is 0.287. The largest absolute Gasteiger partial charge is 0.389 e. The Kier molecular flexibility index (Phi) is 5.34. The number of likely N-dealkylation sites (tertiary alicyclic amines) is 1. The standard InChI is InChI=1S/C21H28N2O/c1-22(2)21(19-11-7-4-8-12-19)14-16-23(17-20(21)24)15-13-18-9-5-3-6-10-18/h3-12,20,24H,13-17H2,1-2H3/t20-,21+/m0/s1. The number of nitrogens with zero attached hydrogens (tertiary/aromatic N) is 2. The van der Waals surface area contributed by atoms with Gasteiger partial charge in [0.25, 0.3) is 0 Å². The van der Waals surface area contributed by atoms with Crippen LogP contribution < -0.4 is 0 Å². The summed E-state index contributed by atoms with van der Waals surface area (Å²) < 4.78 is 0. The maximum Gasteiger partial charge on any atom is 0.0892 e. The predicted molar refractivity (Wildman–Crippen MR) is 99.0 cm³/mol. The van der Waals surface area contributed by atoms with Crippen LogP contribution in [0.1, 0.15) is 17.5 Å². The van der Waals surface area contributed by atoms with Gasteiger partial charge < -0.3 is 10.0 Å². The first-order chi connectivity index (χ1) is 11.6. The molecule has 2 atom stereocenters. The van der Waals surface area contributed by atoms with E-state index in [0.717, 1.165) is 32.5 Å². The third kappa shape index (κ3) is 3.39. The van der Waals surface area contributed by atoms with Crippen LogP contribution in [0.25, 0.3) is 0 Å². The summed E-state index contributed by atoms with van der Waals surface area (Å²) in [6.45, 7) is 2.73. The van der Waals surface area contributed by atoms with Crippen molar-refractivity contribution in [3.05, 3.63) is 71.8 Å². The van der Waals surface area contributed by atoms with Crippen molar-refractivity contribution in [2.45, 2.75) is 24.5 Å². The summed E-state index contributed by atoms with van der Waals surface area (Å²) in [5.74, 6) is 0. The Morgan fingerprint density at radius 1 is 1.04 bits per heavy atom. The number of piperidine rings is 1. The van der Waals surface area contributed by atoms with E-state index in [9.17, 15) is 5.11 Å². The van der Waals surface area contributed by atoms with Crippen LogP contribution in [0.2, 0.25) is 0 Å². The van der Waals surface area contributed by atoms with Gasteiger partial charge in [0.2, 0.25) is 0 Å². The molecule has 0 radical (unpaired) electrons. The number of hydrogen-bond acceptors (Lipinski definition) is 3. The molecule has 1 aliphatic rings. The quantitative estimate of drug-likeness (QED) is 0.916. The van der Waals surface area contributed by atoms with Crippen LogP contribution in [0.3, 0.4) is 0 Å². The average Bonchev–Trinajstić information content (AvgIpc) is 2.61. The first-order valence-electron chi connectivity index (χ1n) is 8.80. The highest BCUT2D eigenvalue weighted by atomic mass is 16.3. The molecule has 0 amide bonds. The predicted octanol–water partition coefficient (Wildman–Crippen LogP) is 2.75. The number of β-amino-alcohol motifs (C(OH)–C–C–N with tert-alkyl or cyclic N) is 1. The second kappa shape index (κ2) is 7.47. The van der Waals surface area contributed by atoms with Gasteiger partial charge in [-0.1, -0.05) is 60.7 Å². The van der Waals surface area contributed by atoms with Crippen LogP contribution in [0.15, 0.2) is 60.7 Å². The van der Waals surface area contributed by atoms with Crippen LogP contribution in [-0.4, -0.2) is 54.7 Å². The molecule has 0 saturated carbocycles. The molecule has 0 spiro atoms. The molecule has 1 N–H and O–H groups in total. The summed E-state index contributed by atoms with van der Waals surface area (Å²) in [6, 6.07) is 21.0. The van der Waals surface area contributed by atoms with E-state index in [1.807, 2.05) is 6.07 Å². The summed E-state index contributed by atoms with van der Waals surface area (Å²) in [6.07, 6.45) is 1.59. The molecule has 0 aromatic heterocycles. The maximum atomic E-state index is 11.0. The molecule has 0 unspecified atom stereocenters. The second-order valence-corrected chi connectivity index (χ2v) is 6.99. The molecule has 128 valence electrons. The Labute approximate surface area is 145 Å². The van der Waals surface area contributed by atoms with E-state index >= 15 is 0 Å². The highest BCUT2D eigenvalue weighted by Gasteiger charge is 2.45. The molecule has 0 aliphatic carbocycles. The van der Waals surface area contributed by atoms with Crippen LogP contribution >= 0.6 is 0 Å². The van der Waals surface area contributed by atoms with Gasteiger partial charge in [0.15, 0.2) is 0 Å². The number of rotatable bonds is 5. The number of hydrogen-bond donors (Lipinski definition) is 1. The third-order valence-electron chi connectivity index (χ3n) is 5.42. The Morgan fingerprint density at radius 2 is 1.67 bits per heavy atom. The van der Waals surface area contributed by atoms with Gasteiger partial charge >= 0.3 is 0 Å². The lowest BCUT2D eigenvalue weighted by atomic mass is 9.77. The fourth-order valence-electron chi connectivity index (χ4n) is 3.96. The Balaban J connectivity index is 1.69. The minimum Gasteiger partial charge on any atom is -0.389 e. The van der Waals surface area contributed by atoms with Crippen LogP contribution in [0.5, 0.6) is 0 Å². The zero-order valence-electron chi connectivity index (χ0n) is 14.7. The zero-order chi connectivity index (χ0) is 17.0. The zero-order valence-corrected chi connectivity index (χ0v) is 14.7. The Morgan fingerprint density at radius 3 is 2.25 bits per heavy atom. The smallest absolute Gasteiger partial charge is 0.0892 e. The van der Waals surface area contributed by atoms with Crippen LogP contribution in [0.4, 0.5) is 0 Å². The van der Waals surface area contributed by atoms with Gasteiger partial charge in [-0.3, -0.25) is 4.90 Å². The summed E-state index contributed by atoms with van der Waals surface area (Å²) in [5.41, 5.74) is 2.29. The minimum atomic E-state index is -0.389.